The van der Waals surface area contributed by atoms with Crippen LogP contribution in [0.25, 0.3) is 0 Å². The number of hydrogen-bond donors (Lipinski definition) is 1. The monoisotopic (exact) mass is 175 g/mol. The van der Waals surface area contributed by atoms with Gasteiger partial charge in [-0.2, -0.15) is 0 Å². The average molecular weight is 175 g/mol. The SMILES string of the molecule is CC(C)CCS(=O)CCC=N. The summed E-state index contributed by atoms with van der Waals surface area (Å²) >= 11 is 0. The third-order valence-corrected chi connectivity index (χ3v) is 2.79. The second-order valence-corrected chi connectivity index (χ2v) is 4.72. The molecule has 0 saturated carbocycles. The highest BCUT2D eigenvalue weighted by molar-refractivity contribution is 7.84. The lowest BCUT2D eigenvalue weighted by molar-refractivity contribution is 0.619. The summed E-state index contributed by atoms with van der Waals surface area (Å²) in [6.45, 7) is 4.27. The van der Waals surface area contributed by atoms with Gasteiger partial charge in [0.25, 0.3) is 0 Å². The quantitative estimate of drug-likeness (QED) is 0.615. The summed E-state index contributed by atoms with van der Waals surface area (Å²) in [5, 5.41) is 6.75. The lowest BCUT2D eigenvalue weighted by atomic mass is 10.2. The summed E-state index contributed by atoms with van der Waals surface area (Å²) in [4.78, 5) is 0. The van der Waals surface area contributed by atoms with E-state index in [1.54, 1.807) is 0 Å². The number of hydrogen-bond acceptors (Lipinski definition) is 2. The van der Waals surface area contributed by atoms with Crippen LogP contribution in [-0.4, -0.2) is 21.9 Å². The molecule has 0 fully saturated rings. The highest BCUT2D eigenvalue weighted by Gasteiger charge is 2.00. The minimum atomic E-state index is -0.692. The lowest BCUT2D eigenvalue weighted by Crippen LogP contribution is -2.05. The second kappa shape index (κ2) is 6.53. The summed E-state index contributed by atoms with van der Waals surface area (Å²) in [6.07, 6.45) is 3.02. The molecule has 1 unspecified atom stereocenters. The standard InChI is InChI=1S/C8H17NOS/c1-8(2)4-7-11(10)6-3-5-9/h5,8-9H,3-4,6-7H2,1-2H3. The van der Waals surface area contributed by atoms with Gasteiger partial charge in [0.2, 0.25) is 0 Å². The van der Waals surface area contributed by atoms with Gasteiger partial charge >= 0.3 is 0 Å². The van der Waals surface area contributed by atoms with Gasteiger partial charge in [-0.15, -0.1) is 0 Å². The Balaban J connectivity index is 3.29. The average Bonchev–Trinajstić information content (AvgIpc) is 1.97. The van der Waals surface area contributed by atoms with Crippen molar-refractivity contribution in [1.29, 1.82) is 5.41 Å². The maximum atomic E-state index is 11.1. The van der Waals surface area contributed by atoms with E-state index in [4.69, 9.17) is 5.41 Å². The van der Waals surface area contributed by atoms with Crippen molar-refractivity contribution in [2.75, 3.05) is 11.5 Å². The molecule has 11 heavy (non-hydrogen) atoms. The zero-order valence-corrected chi connectivity index (χ0v) is 8.12. The molecule has 2 nitrogen and oxygen atoms in total. The topological polar surface area (TPSA) is 40.9 Å². The third kappa shape index (κ3) is 7.72. The zero-order chi connectivity index (χ0) is 8.69. The van der Waals surface area contributed by atoms with Crippen molar-refractivity contribution in [3.05, 3.63) is 0 Å². The molecule has 0 spiro atoms. The van der Waals surface area contributed by atoms with E-state index >= 15 is 0 Å². The maximum Gasteiger partial charge on any atom is 0.0284 e. The van der Waals surface area contributed by atoms with E-state index in [1.807, 2.05) is 0 Å². The molecule has 0 aromatic rings. The molecule has 3 heteroatoms. The van der Waals surface area contributed by atoms with Crippen LogP contribution in [0.4, 0.5) is 0 Å². The van der Waals surface area contributed by atoms with Gasteiger partial charge in [0.15, 0.2) is 0 Å². The van der Waals surface area contributed by atoms with Gasteiger partial charge in [-0.25, -0.2) is 0 Å². The Morgan fingerprint density at radius 2 is 2.09 bits per heavy atom. The van der Waals surface area contributed by atoms with Gasteiger partial charge in [-0.1, -0.05) is 13.8 Å². The molecule has 0 aliphatic heterocycles. The van der Waals surface area contributed by atoms with Crippen molar-refractivity contribution in [2.24, 2.45) is 5.92 Å². The Morgan fingerprint density at radius 3 is 2.55 bits per heavy atom. The molecule has 0 bridgehead atoms. The molecule has 1 atom stereocenters. The Kier molecular flexibility index (Phi) is 6.42. The van der Waals surface area contributed by atoms with Crippen molar-refractivity contribution in [3.63, 3.8) is 0 Å². The normalized spacial score (nSPS) is 13.4. The molecule has 0 amide bonds. The zero-order valence-electron chi connectivity index (χ0n) is 7.30. The molecular weight excluding hydrogens is 158 g/mol. The molecule has 1 N–H and O–H groups in total. The minimum absolute atomic E-state index is 0.638. The van der Waals surface area contributed by atoms with Gasteiger partial charge in [0.05, 0.1) is 0 Å². The van der Waals surface area contributed by atoms with Crippen LogP contribution in [0.3, 0.4) is 0 Å². The molecule has 0 aromatic heterocycles. The van der Waals surface area contributed by atoms with Crippen molar-refractivity contribution in [3.8, 4) is 0 Å². The summed E-state index contributed by atoms with van der Waals surface area (Å²) in [5.74, 6) is 2.10. The van der Waals surface area contributed by atoms with Gasteiger partial charge in [0, 0.05) is 22.3 Å². The first-order valence-electron chi connectivity index (χ1n) is 4.00. The van der Waals surface area contributed by atoms with Crippen molar-refractivity contribution in [1.82, 2.24) is 0 Å². The predicted octanol–water partition coefficient (Wildman–Crippen LogP) is 1.82. The van der Waals surface area contributed by atoms with Crippen molar-refractivity contribution >= 4 is 17.0 Å². The Bertz CT molecular complexity index is 134. The largest absolute Gasteiger partial charge is 0.313 e. The van der Waals surface area contributed by atoms with Gasteiger partial charge in [-0.3, -0.25) is 4.21 Å². The first-order chi connectivity index (χ1) is 5.16. The molecule has 66 valence electrons. The molecule has 0 aromatic carbocycles. The number of nitrogens with one attached hydrogen (secondary N) is 1. The molecule has 0 rings (SSSR count). The first-order valence-corrected chi connectivity index (χ1v) is 5.49. The van der Waals surface area contributed by atoms with E-state index in [1.165, 1.54) is 6.21 Å². The smallest absolute Gasteiger partial charge is 0.0284 e. The van der Waals surface area contributed by atoms with Crippen LogP contribution in [0, 0.1) is 11.3 Å². The summed E-state index contributed by atoms with van der Waals surface area (Å²) in [6, 6.07) is 0. The Labute approximate surface area is 71.4 Å². The van der Waals surface area contributed by atoms with Crippen LogP contribution in [-0.2, 0) is 10.8 Å². The molecule has 0 heterocycles. The highest BCUT2D eigenvalue weighted by atomic mass is 32.2. The molecule has 0 saturated heterocycles. The summed E-state index contributed by atoms with van der Waals surface area (Å²) in [7, 11) is -0.692. The predicted molar refractivity (Wildman–Crippen MR) is 50.7 cm³/mol. The van der Waals surface area contributed by atoms with Crippen LogP contribution in [0.1, 0.15) is 26.7 Å². The Hall–Kier alpha value is -0.180. The summed E-state index contributed by atoms with van der Waals surface area (Å²) < 4.78 is 11.1. The minimum Gasteiger partial charge on any atom is -0.313 e. The van der Waals surface area contributed by atoms with Crippen LogP contribution < -0.4 is 0 Å². The second-order valence-electron chi connectivity index (χ2n) is 3.02. The fraction of sp³-hybridized carbons (Fsp3) is 0.875. The van der Waals surface area contributed by atoms with Crippen LogP contribution in [0.15, 0.2) is 0 Å². The maximum absolute atomic E-state index is 11.1. The van der Waals surface area contributed by atoms with Crippen molar-refractivity contribution in [2.45, 2.75) is 26.7 Å². The van der Waals surface area contributed by atoms with Crippen LogP contribution in [0.2, 0.25) is 0 Å². The highest BCUT2D eigenvalue weighted by Crippen LogP contribution is 2.00. The van der Waals surface area contributed by atoms with E-state index in [0.717, 1.165) is 12.2 Å². The molecule has 0 radical (unpaired) electrons. The fourth-order valence-electron chi connectivity index (χ4n) is 0.660. The van der Waals surface area contributed by atoms with E-state index in [0.29, 0.717) is 18.1 Å². The third-order valence-electron chi connectivity index (χ3n) is 1.41. The molecule has 0 aliphatic rings. The van der Waals surface area contributed by atoms with E-state index in [9.17, 15) is 4.21 Å². The lowest BCUT2D eigenvalue weighted by Gasteiger charge is -2.02. The van der Waals surface area contributed by atoms with Crippen LogP contribution >= 0.6 is 0 Å². The van der Waals surface area contributed by atoms with Gasteiger partial charge < -0.3 is 5.41 Å². The van der Waals surface area contributed by atoms with E-state index < -0.39 is 10.8 Å². The van der Waals surface area contributed by atoms with E-state index in [-0.39, 0.29) is 0 Å². The Morgan fingerprint density at radius 1 is 1.45 bits per heavy atom. The fourth-order valence-corrected chi connectivity index (χ4v) is 1.98. The van der Waals surface area contributed by atoms with Crippen LogP contribution in [0.5, 0.6) is 0 Å². The summed E-state index contributed by atoms with van der Waals surface area (Å²) in [5.41, 5.74) is 0. The van der Waals surface area contributed by atoms with E-state index in [2.05, 4.69) is 13.8 Å². The number of rotatable bonds is 6. The molecule has 0 aliphatic carbocycles. The van der Waals surface area contributed by atoms with Crippen molar-refractivity contribution < 1.29 is 4.21 Å². The first kappa shape index (κ1) is 10.8. The van der Waals surface area contributed by atoms with Gasteiger partial charge in [-0.05, 0) is 25.0 Å². The molecular formula is C8H17NOS. The van der Waals surface area contributed by atoms with Gasteiger partial charge in [0.1, 0.15) is 0 Å².